The Morgan fingerprint density at radius 3 is 2.65 bits per heavy atom. The molecule has 1 unspecified atom stereocenters. The molecule has 0 spiro atoms. The molecule has 1 aromatic carbocycles. The average Bonchev–Trinajstić information content (AvgIpc) is 3.49. The molecule has 1 atom stereocenters. The van der Waals surface area contributed by atoms with Crippen LogP contribution in [0.1, 0.15) is 51.3 Å². The number of rotatable bonds is 7. The van der Waals surface area contributed by atoms with Crippen LogP contribution in [0.25, 0.3) is 22.0 Å². The molecule has 1 N–H and O–H groups in total. The fraction of sp³-hybridized carbons (Fsp3) is 0.435. The van der Waals surface area contributed by atoms with E-state index in [1.165, 1.54) is 0 Å². The van der Waals surface area contributed by atoms with E-state index in [0.717, 1.165) is 41.6 Å². The van der Waals surface area contributed by atoms with Gasteiger partial charge in [-0.15, -0.1) is 0 Å². The number of fused-ring (bicyclic) bond motifs is 1. The van der Waals surface area contributed by atoms with Gasteiger partial charge < -0.3 is 4.57 Å². The van der Waals surface area contributed by atoms with E-state index in [1.807, 2.05) is 18.3 Å². The molecule has 1 saturated carbocycles. The summed E-state index contributed by atoms with van der Waals surface area (Å²) in [6.07, 6.45) is 2.01. The van der Waals surface area contributed by atoms with E-state index in [4.69, 9.17) is 0 Å². The van der Waals surface area contributed by atoms with Gasteiger partial charge in [0.2, 0.25) is 0 Å². The topological polar surface area (TPSA) is 46.9 Å². The molecule has 166 valence electrons. The van der Waals surface area contributed by atoms with Gasteiger partial charge in [-0.3, -0.25) is 4.98 Å². The third-order valence-electron chi connectivity index (χ3n) is 5.24. The molecule has 0 aliphatic heterocycles. The van der Waals surface area contributed by atoms with Crippen LogP contribution < -0.4 is 4.72 Å². The van der Waals surface area contributed by atoms with Crippen molar-refractivity contribution in [2.45, 2.75) is 58.4 Å². The Bertz CT molecular complexity index is 1130. The van der Waals surface area contributed by atoms with Gasteiger partial charge in [0.25, 0.3) is 6.43 Å². The van der Waals surface area contributed by atoms with E-state index in [-0.39, 0.29) is 16.2 Å². The molecule has 2 heterocycles. The molecular weight excluding hydrogens is 423 g/mol. The van der Waals surface area contributed by atoms with Crippen LogP contribution in [0.5, 0.6) is 0 Å². The zero-order valence-electron chi connectivity index (χ0n) is 17.8. The van der Waals surface area contributed by atoms with Gasteiger partial charge in [-0.2, -0.15) is 0 Å². The number of benzene rings is 1. The van der Waals surface area contributed by atoms with Crippen LogP contribution in [0.2, 0.25) is 0 Å². The molecule has 1 aliphatic carbocycles. The van der Waals surface area contributed by atoms with Crippen molar-refractivity contribution in [3.05, 3.63) is 53.7 Å². The number of aromatic nitrogens is 2. The van der Waals surface area contributed by atoms with Crippen molar-refractivity contribution >= 4 is 21.9 Å². The highest BCUT2D eigenvalue weighted by Crippen LogP contribution is 2.34. The van der Waals surface area contributed by atoms with Gasteiger partial charge in [-0.1, -0.05) is 32.9 Å². The first kappa shape index (κ1) is 22.0. The van der Waals surface area contributed by atoms with Crippen LogP contribution in [0.3, 0.4) is 0 Å². The summed E-state index contributed by atoms with van der Waals surface area (Å²) in [6.45, 7) is 7.53. The van der Waals surface area contributed by atoms with E-state index in [0.29, 0.717) is 18.7 Å². The molecular formula is C23H26F3N3OS. The monoisotopic (exact) mass is 449 g/mol. The third-order valence-corrected chi connectivity index (χ3v) is 6.75. The predicted molar refractivity (Wildman–Crippen MR) is 118 cm³/mol. The second kappa shape index (κ2) is 8.39. The molecule has 3 aromatic rings. The van der Waals surface area contributed by atoms with E-state index in [2.05, 4.69) is 35.0 Å². The van der Waals surface area contributed by atoms with Crippen LogP contribution in [0.15, 0.2) is 36.7 Å². The van der Waals surface area contributed by atoms with Crippen LogP contribution in [0.4, 0.5) is 13.2 Å². The smallest absolute Gasteiger partial charge is 0.280 e. The number of alkyl halides is 2. The summed E-state index contributed by atoms with van der Waals surface area (Å²) in [5, 5.41) is 1.19. The number of nitrogens with one attached hydrogen (secondary N) is 1. The number of pyridine rings is 1. The lowest BCUT2D eigenvalue weighted by atomic mass is 9.96. The lowest BCUT2D eigenvalue weighted by molar-refractivity contribution is 0.146. The van der Waals surface area contributed by atoms with Gasteiger partial charge in [-0.25, -0.2) is 22.1 Å². The molecule has 1 aliphatic rings. The highest BCUT2D eigenvalue weighted by molar-refractivity contribution is 7.83. The first-order chi connectivity index (χ1) is 14.6. The van der Waals surface area contributed by atoms with Crippen molar-refractivity contribution in [2.75, 3.05) is 0 Å². The van der Waals surface area contributed by atoms with Crippen molar-refractivity contribution in [3.8, 4) is 11.1 Å². The Morgan fingerprint density at radius 2 is 2.00 bits per heavy atom. The molecule has 0 radical (unpaired) electrons. The zero-order valence-corrected chi connectivity index (χ0v) is 18.6. The van der Waals surface area contributed by atoms with Gasteiger partial charge in [-0.05, 0) is 41.5 Å². The quantitative estimate of drug-likeness (QED) is 0.500. The maximum absolute atomic E-state index is 13.8. The second-order valence-corrected chi connectivity index (χ2v) is 10.8. The van der Waals surface area contributed by atoms with Crippen LogP contribution >= 0.6 is 0 Å². The van der Waals surface area contributed by atoms with E-state index >= 15 is 0 Å². The van der Waals surface area contributed by atoms with Crippen LogP contribution in [-0.2, 0) is 24.1 Å². The minimum absolute atomic E-state index is 0.0158. The van der Waals surface area contributed by atoms with Crippen LogP contribution in [-0.4, -0.2) is 19.0 Å². The maximum atomic E-state index is 13.8. The highest BCUT2D eigenvalue weighted by atomic mass is 32.2. The minimum atomic E-state index is -2.80. The standard InChI is InChI=1S/C23H26F3N3OS/c1-23(2,3)13-29-12-15(10-28-31(30)17-5-6-17)18-7-4-14(8-20(18)29)19-9-16(24)11-27-21(19)22(25)26/h4,7-9,11-12,17,22,28H,5-6,10,13H2,1-3H3. The Hall–Kier alpha value is -2.19. The Morgan fingerprint density at radius 1 is 1.26 bits per heavy atom. The summed E-state index contributed by atoms with van der Waals surface area (Å²) in [5.74, 6) is -0.656. The van der Waals surface area contributed by atoms with Gasteiger partial charge in [0.15, 0.2) is 0 Å². The highest BCUT2D eigenvalue weighted by Gasteiger charge is 2.28. The number of hydrogen-bond acceptors (Lipinski definition) is 2. The van der Waals surface area contributed by atoms with Gasteiger partial charge in [0, 0.05) is 41.0 Å². The first-order valence-corrected chi connectivity index (χ1v) is 11.5. The van der Waals surface area contributed by atoms with Gasteiger partial charge >= 0.3 is 0 Å². The lowest BCUT2D eigenvalue weighted by Gasteiger charge is -2.20. The van der Waals surface area contributed by atoms with E-state index in [1.54, 1.807) is 6.07 Å². The fourth-order valence-electron chi connectivity index (χ4n) is 3.72. The molecule has 0 amide bonds. The largest absolute Gasteiger partial charge is 0.347 e. The first-order valence-electron chi connectivity index (χ1n) is 10.3. The summed E-state index contributed by atoms with van der Waals surface area (Å²) in [5.41, 5.74) is 1.99. The molecule has 1 fully saturated rings. The van der Waals surface area contributed by atoms with Crippen molar-refractivity contribution in [2.24, 2.45) is 5.41 Å². The van der Waals surface area contributed by atoms with Gasteiger partial charge in [0.05, 0.1) is 17.2 Å². The summed E-state index contributed by atoms with van der Waals surface area (Å²) in [7, 11) is -1.05. The van der Waals surface area contributed by atoms with E-state index < -0.39 is 28.9 Å². The number of hydrogen-bond donors (Lipinski definition) is 1. The van der Waals surface area contributed by atoms with Crippen molar-refractivity contribution in [3.63, 3.8) is 0 Å². The number of halogens is 3. The molecule has 4 nitrogen and oxygen atoms in total. The SMILES string of the molecule is CC(C)(C)Cn1cc(CNS(=O)C2CC2)c2ccc(-c3cc(F)cnc3C(F)F)cc21. The zero-order chi connectivity index (χ0) is 22.3. The number of nitrogens with zero attached hydrogens (tertiary/aromatic N) is 2. The van der Waals surface area contributed by atoms with E-state index in [9.17, 15) is 17.4 Å². The van der Waals surface area contributed by atoms with Crippen LogP contribution in [0, 0.1) is 11.2 Å². The van der Waals surface area contributed by atoms with Crippen molar-refractivity contribution in [1.29, 1.82) is 0 Å². The maximum Gasteiger partial charge on any atom is 0.280 e. The summed E-state index contributed by atoms with van der Waals surface area (Å²) < 4.78 is 58.2. The Kier molecular flexibility index (Phi) is 5.96. The summed E-state index contributed by atoms with van der Waals surface area (Å²) >= 11 is 0. The lowest BCUT2D eigenvalue weighted by Crippen LogP contribution is -2.19. The molecule has 4 rings (SSSR count). The third kappa shape index (κ3) is 5.01. The molecule has 0 bridgehead atoms. The average molecular weight is 450 g/mol. The second-order valence-electron chi connectivity index (χ2n) is 9.28. The molecule has 8 heteroatoms. The summed E-state index contributed by atoms with van der Waals surface area (Å²) in [6, 6.07) is 6.49. The minimum Gasteiger partial charge on any atom is -0.347 e. The fourth-order valence-corrected chi connectivity index (χ4v) is 4.82. The summed E-state index contributed by atoms with van der Waals surface area (Å²) in [4.78, 5) is 3.62. The molecule has 0 saturated heterocycles. The molecule has 31 heavy (non-hydrogen) atoms. The Labute approximate surface area is 182 Å². The molecule has 2 aromatic heterocycles. The Balaban J connectivity index is 1.77. The van der Waals surface area contributed by atoms with Crippen molar-refractivity contribution in [1.82, 2.24) is 14.3 Å². The predicted octanol–water partition coefficient (Wildman–Crippen LogP) is 5.74. The normalized spacial score (nSPS) is 15.7. The van der Waals surface area contributed by atoms with Crippen molar-refractivity contribution < 1.29 is 17.4 Å². The van der Waals surface area contributed by atoms with Gasteiger partial charge in [0.1, 0.15) is 11.5 Å².